The van der Waals surface area contributed by atoms with Gasteiger partial charge < -0.3 is 9.13 Å². The lowest BCUT2D eigenvalue weighted by Crippen LogP contribution is -2.28. The van der Waals surface area contributed by atoms with Crippen LogP contribution in [0.15, 0.2) is 127 Å². The van der Waals surface area contributed by atoms with Crippen molar-refractivity contribution in [3.8, 4) is 0 Å². The molecule has 0 bridgehead atoms. The fourth-order valence-electron chi connectivity index (χ4n) is 5.74. The first-order valence-electron chi connectivity index (χ1n) is 15.0. The van der Waals surface area contributed by atoms with Crippen LogP contribution in [0.25, 0.3) is 0 Å². The third-order valence-corrected chi connectivity index (χ3v) is 15.4. The molecule has 1 unspecified atom stereocenters. The summed E-state index contributed by atoms with van der Waals surface area (Å²) in [6.07, 6.45) is -20.1. The van der Waals surface area contributed by atoms with Gasteiger partial charge in [0, 0.05) is 27.4 Å². The van der Waals surface area contributed by atoms with E-state index in [1.165, 1.54) is 30.3 Å². The van der Waals surface area contributed by atoms with Crippen molar-refractivity contribution in [1.29, 1.82) is 0 Å². The number of alkyl halides is 12. The van der Waals surface area contributed by atoms with Gasteiger partial charge in [-0.1, -0.05) is 78.9 Å². The second kappa shape index (κ2) is 13.9. The van der Waals surface area contributed by atoms with Crippen molar-refractivity contribution in [1.82, 2.24) is 0 Å². The molecular formula is C36H24F12O2P2. The summed E-state index contributed by atoms with van der Waals surface area (Å²) in [5.41, 5.74) is -6.01. The van der Waals surface area contributed by atoms with E-state index >= 15 is 9.13 Å². The Balaban J connectivity index is 1.80. The van der Waals surface area contributed by atoms with Gasteiger partial charge in [0.15, 0.2) is 7.14 Å². The van der Waals surface area contributed by atoms with Crippen molar-refractivity contribution in [2.75, 3.05) is 6.16 Å². The third-order valence-electron chi connectivity index (χ3n) is 8.43. The number of hydrogen-bond donors (Lipinski definition) is 0. The molecule has 0 spiro atoms. The second-order valence-electron chi connectivity index (χ2n) is 11.7. The quantitative estimate of drug-likeness (QED) is 0.116. The molecule has 0 fully saturated rings. The number of hydrogen-bond acceptors (Lipinski definition) is 2. The minimum absolute atomic E-state index is 0.129. The Morgan fingerprint density at radius 3 is 0.923 bits per heavy atom. The summed E-state index contributed by atoms with van der Waals surface area (Å²) in [7, 11) is -9.04. The van der Waals surface area contributed by atoms with Crippen LogP contribution in [0, 0.1) is 0 Å². The highest BCUT2D eigenvalue weighted by Gasteiger charge is 2.45. The summed E-state index contributed by atoms with van der Waals surface area (Å²) < 4.78 is 194. The third kappa shape index (κ3) is 8.03. The Morgan fingerprint density at radius 2 is 0.654 bits per heavy atom. The fourth-order valence-corrected chi connectivity index (χ4v) is 12.8. The molecule has 0 aliphatic heterocycles. The number of halogens is 12. The standard InChI is InChI=1S/C36H24F12O2P2/c37-33(38,39)24-6-14-28(15-7-24)51(49,29-16-8-25(9-17-29)34(40,41)42)22-32(23-4-2-1-3-5-23)52(50,30-18-10-26(11-19-30)35(43,44)45)31-20-12-27(13-21-31)36(46,47)48/h1-21,32H,22H2. The maximum atomic E-state index is 15.8. The predicted octanol–water partition coefficient (Wildman–Crippen LogP) is 10.8. The smallest absolute Gasteiger partial charge is 0.314 e. The van der Waals surface area contributed by atoms with Gasteiger partial charge in [-0.05, 0) is 54.1 Å². The van der Waals surface area contributed by atoms with Crippen molar-refractivity contribution in [3.05, 3.63) is 155 Å². The molecule has 0 aliphatic rings. The zero-order valence-corrected chi connectivity index (χ0v) is 27.9. The van der Waals surface area contributed by atoms with Crippen molar-refractivity contribution in [2.45, 2.75) is 30.4 Å². The number of benzene rings is 5. The highest BCUT2D eigenvalue weighted by atomic mass is 31.2. The Labute approximate surface area is 288 Å². The molecule has 0 heterocycles. The lowest BCUT2D eigenvalue weighted by molar-refractivity contribution is -0.138. The van der Waals surface area contributed by atoms with Crippen LogP contribution in [-0.2, 0) is 33.8 Å². The average Bonchev–Trinajstić information content (AvgIpc) is 3.09. The highest BCUT2D eigenvalue weighted by molar-refractivity contribution is 7.82. The summed E-state index contributed by atoms with van der Waals surface area (Å²) in [5, 5.41) is -1.15. The molecule has 2 nitrogen and oxygen atoms in total. The van der Waals surface area contributed by atoms with Gasteiger partial charge in [-0.2, -0.15) is 52.7 Å². The van der Waals surface area contributed by atoms with Gasteiger partial charge in [0.1, 0.15) is 7.14 Å². The Bertz CT molecular complexity index is 1960. The van der Waals surface area contributed by atoms with Crippen LogP contribution >= 0.6 is 14.3 Å². The molecule has 0 radical (unpaired) electrons. The van der Waals surface area contributed by atoms with Crippen LogP contribution < -0.4 is 21.2 Å². The Kier molecular flexibility index (Phi) is 10.4. The van der Waals surface area contributed by atoms with Crippen molar-refractivity contribution >= 4 is 35.5 Å². The minimum atomic E-state index is -4.84. The van der Waals surface area contributed by atoms with E-state index in [1.54, 1.807) is 0 Å². The van der Waals surface area contributed by atoms with Gasteiger partial charge in [-0.15, -0.1) is 0 Å². The topological polar surface area (TPSA) is 34.1 Å². The van der Waals surface area contributed by atoms with Crippen molar-refractivity contribution < 1.29 is 61.8 Å². The van der Waals surface area contributed by atoms with E-state index in [1.807, 2.05) is 0 Å². The zero-order chi connectivity index (χ0) is 38.3. The molecule has 0 saturated heterocycles. The molecule has 52 heavy (non-hydrogen) atoms. The predicted molar refractivity (Wildman–Crippen MR) is 174 cm³/mol. The van der Waals surface area contributed by atoms with E-state index in [0.29, 0.717) is 48.5 Å². The van der Waals surface area contributed by atoms with E-state index in [-0.39, 0.29) is 26.8 Å². The van der Waals surface area contributed by atoms with E-state index in [4.69, 9.17) is 0 Å². The first-order chi connectivity index (χ1) is 24.0. The highest BCUT2D eigenvalue weighted by Crippen LogP contribution is 2.63. The first kappa shape index (κ1) is 38.9. The van der Waals surface area contributed by atoms with Crippen molar-refractivity contribution in [2.24, 2.45) is 0 Å². The molecule has 5 aromatic rings. The second-order valence-corrected chi connectivity index (χ2v) is 17.5. The first-order valence-corrected chi connectivity index (χ1v) is 18.7. The average molecular weight is 779 g/mol. The molecule has 0 aliphatic carbocycles. The van der Waals surface area contributed by atoms with E-state index in [0.717, 1.165) is 48.5 Å². The number of rotatable bonds is 8. The maximum absolute atomic E-state index is 15.8. The van der Waals surface area contributed by atoms with Gasteiger partial charge in [0.2, 0.25) is 0 Å². The van der Waals surface area contributed by atoms with Crippen LogP contribution in [0.1, 0.15) is 33.5 Å². The Hall–Kier alpha value is -4.28. The van der Waals surface area contributed by atoms with E-state index in [2.05, 4.69) is 0 Å². The molecule has 5 rings (SSSR count). The minimum Gasteiger partial charge on any atom is -0.314 e. The molecule has 0 amide bonds. The van der Waals surface area contributed by atoms with Crippen molar-refractivity contribution in [3.63, 3.8) is 0 Å². The monoisotopic (exact) mass is 778 g/mol. The van der Waals surface area contributed by atoms with Crippen LogP contribution in [0.5, 0.6) is 0 Å². The maximum Gasteiger partial charge on any atom is 0.416 e. The summed E-state index contributed by atoms with van der Waals surface area (Å²) in [4.78, 5) is 0. The summed E-state index contributed by atoms with van der Waals surface area (Å²) in [5.74, 6) is 0. The van der Waals surface area contributed by atoms with E-state index < -0.39 is 73.1 Å². The van der Waals surface area contributed by atoms with Gasteiger partial charge in [0.05, 0.1) is 27.9 Å². The van der Waals surface area contributed by atoms with Gasteiger partial charge in [-0.3, -0.25) is 0 Å². The lowest BCUT2D eigenvalue weighted by Gasteiger charge is -2.33. The molecular weight excluding hydrogens is 754 g/mol. The van der Waals surface area contributed by atoms with E-state index in [9.17, 15) is 52.7 Å². The van der Waals surface area contributed by atoms with Gasteiger partial charge in [0.25, 0.3) is 0 Å². The fraction of sp³-hybridized carbons (Fsp3) is 0.167. The zero-order valence-electron chi connectivity index (χ0n) is 26.2. The molecule has 5 aromatic carbocycles. The molecule has 16 heteroatoms. The van der Waals surface area contributed by atoms with Crippen LogP contribution in [0.2, 0.25) is 0 Å². The summed E-state index contributed by atoms with van der Waals surface area (Å²) >= 11 is 0. The van der Waals surface area contributed by atoms with Gasteiger partial charge in [-0.25, -0.2) is 0 Å². The molecule has 1 atom stereocenters. The van der Waals surface area contributed by atoms with Crippen LogP contribution in [0.3, 0.4) is 0 Å². The molecule has 0 N–H and O–H groups in total. The molecule has 274 valence electrons. The molecule has 0 aromatic heterocycles. The van der Waals surface area contributed by atoms with Crippen LogP contribution in [-0.4, -0.2) is 6.16 Å². The SMILES string of the molecule is O=P(CC(c1ccccc1)P(=O)(c1ccc(C(F)(F)F)cc1)c1ccc(C(F)(F)F)cc1)(c1ccc(C(F)(F)F)cc1)c1ccc(C(F)(F)F)cc1. The summed E-state index contributed by atoms with van der Waals surface area (Å²) in [6, 6.07) is 19.1. The normalized spacial score (nSPS) is 13.9. The largest absolute Gasteiger partial charge is 0.416 e. The summed E-state index contributed by atoms with van der Waals surface area (Å²) in [6.45, 7) is 0. The lowest BCUT2D eigenvalue weighted by atomic mass is 10.2. The Morgan fingerprint density at radius 1 is 0.385 bits per heavy atom. The van der Waals surface area contributed by atoms with Gasteiger partial charge >= 0.3 is 24.7 Å². The molecule has 0 saturated carbocycles. The van der Waals surface area contributed by atoms with Crippen LogP contribution in [0.4, 0.5) is 52.7 Å².